The van der Waals surface area contributed by atoms with Gasteiger partial charge < -0.3 is 5.73 Å². The third-order valence-electron chi connectivity index (χ3n) is 2.28. The van der Waals surface area contributed by atoms with Crippen molar-refractivity contribution in [3.05, 3.63) is 41.8 Å². The molecule has 0 radical (unpaired) electrons. The second kappa shape index (κ2) is 4.95. The van der Waals surface area contributed by atoms with Gasteiger partial charge in [-0.25, -0.2) is 0 Å². The third kappa shape index (κ3) is 2.61. The van der Waals surface area contributed by atoms with Crippen LogP contribution in [-0.4, -0.2) is 0 Å². The highest BCUT2D eigenvalue weighted by atomic mass is 127. The fourth-order valence-electron chi connectivity index (χ4n) is 1.40. The molecule has 2 aromatic heterocycles. The maximum Gasteiger partial charge on any atom is 0.0656 e. The van der Waals surface area contributed by atoms with Crippen molar-refractivity contribution < 1.29 is 0 Å². The molecule has 1 unspecified atom stereocenters. The molecule has 4 heteroatoms. The quantitative estimate of drug-likeness (QED) is 0.832. The van der Waals surface area contributed by atoms with Gasteiger partial charge in [-0.05, 0) is 58.2 Å². The molecule has 0 fully saturated rings. The first kappa shape index (κ1) is 11.6. The van der Waals surface area contributed by atoms with Gasteiger partial charge in [-0.15, -0.1) is 22.7 Å². The maximum absolute atomic E-state index is 6.21. The van der Waals surface area contributed by atoms with E-state index in [1.807, 2.05) is 11.3 Å². The van der Waals surface area contributed by atoms with Crippen molar-refractivity contribution in [1.82, 2.24) is 0 Å². The van der Waals surface area contributed by atoms with E-state index in [1.54, 1.807) is 11.3 Å². The molecule has 0 aromatic carbocycles. The minimum Gasteiger partial charge on any atom is -0.320 e. The van der Waals surface area contributed by atoms with Crippen LogP contribution in [0, 0.1) is 2.88 Å². The monoisotopic (exact) mass is 349 g/mol. The van der Waals surface area contributed by atoms with Gasteiger partial charge in [0.05, 0.1) is 8.93 Å². The Morgan fingerprint density at radius 3 is 2.80 bits per heavy atom. The number of nitrogens with two attached hydrogens (primary N) is 1. The lowest BCUT2D eigenvalue weighted by molar-refractivity contribution is 0.899. The van der Waals surface area contributed by atoms with Crippen molar-refractivity contribution in [3.8, 4) is 0 Å². The van der Waals surface area contributed by atoms with Crippen LogP contribution in [-0.2, 0) is 6.42 Å². The van der Waals surface area contributed by atoms with Crippen molar-refractivity contribution in [2.24, 2.45) is 5.73 Å². The largest absolute Gasteiger partial charge is 0.320 e. The Morgan fingerprint density at radius 2 is 2.27 bits per heavy atom. The number of thiophene rings is 2. The molecule has 2 heterocycles. The molecule has 1 atom stereocenters. The van der Waals surface area contributed by atoms with E-state index in [2.05, 4.69) is 53.1 Å². The summed E-state index contributed by atoms with van der Waals surface area (Å²) >= 11 is 5.91. The van der Waals surface area contributed by atoms with Gasteiger partial charge in [-0.1, -0.05) is 6.92 Å². The lowest BCUT2D eigenvalue weighted by atomic mass is 10.1. The molecule has 0 aliphatic carbocycles. The molecule has 15 heavy (non-hydrogen) atoms. The van der Waals surface area contributed by atoms with Crippen LogP contribution in [0.1, 0.15) is 28.3 Å². The van der Waals surface area contributed by atoms with E-state index < -0.39 is 0 Å². The molecule has 2 rings (SSSR count). The van der Waals surface area contributed by atoms with E-state index in [1.165, 1.54) is 18.2 Å². The van der Waals surface area contributed by atoms with Crippen LogP contribution in [0.2, 0.25) is 0 Å². The van der Waals surface area contributed by atoms with E-state index >= 15 is 0 Å². The molecule has 2 aromatic rings. The molecule has 1 nitrogen and oxygen atoms in total. The van der Waals surface area contributed by atoms with Gasteiger partial charge in [0.2, 0.25) is 0 Å². The van der Waals surface area contributed by atoms with Crippen LogP contribution in [0.3, 0.4) is 0 Å². The van der Waals surface area contributed by atoms with E-state index in [4.69, 9.17) is 5.73 Å². The van der Waals surface area contributed by atoms with Crippen molar-refractivity contribution in [1.29, 1.82) is 0 Å². The molecule has 0 aliphatic heterocycles. The number of aryl methyl sites for hydroxylation is 1. The van der Waals surface area contributed by atoms with Crippen LogP contribution >= 0.6 is 45.3 Å². The van der Waals surface area contributed by atoms with Crippen LogP contribution in [0.25, 0.3) is 0 Å². The Labute approximate surface area is 111 Å². The highest BCUT2D eigenvalue weighted by Crippen LogP contribution is 2.29. The summed E-state index contributed by atoms with van der Waals surface area (Å²) in [5.74, 6) is 0. The lowest BCUT2D eigenvalue weighted by Crippen LogP contribution is -2.08. The minimum absolute atomic E-state index is 0.0510. The second-order valence-corrected chi connectivity index (χ2v) is 7.32. The standard InChI is InChI=1S/C11H12INS2/c1-2-8-3-4-9(15-8)11(13)7-5-10(12)14-6-7/h3-6,11H,2,13H2,1H3. The van der Waals surface area contributed by atoms with E-state index in [0.717, 1.165) is 6.42 Å². The number of rotatable bonds is 3. The first-order valence-corrected chi connectivity index (χ1v) is 7.56. The Kier molecular flexibility index (Phi) is 3.82. The highest BCUT2D eigenvalue weighted by molar-refractivity contribution is 14.1. The normalized spacial score (nSPS) is 13.0. The zero-order valence-electron chi connectivity index (χ0n) is 8.37. The Hall–Kier alpha value is 0.0900. The summed E-state index contributed by atoms with van der Waals surface area (Å²) in [5.41, 5.74) is 7.44. The van der Waals surface area contributed by atoms with Gasteiger partial charge in [0, 0.05) is 9.75 Å². The van der Waals surface area contributed by atoms with Crippen LogP contribution in [0.4, 0.5) is 0 Å². The first-order valence-electron chi connectivity index (χ1n) is 4.79. The van der Waals surface area contributed by atoms with Gasteiger partial charge in [0.15, 0.2) is 0 Å². The fourth-order valence-corrected chi connectivity index (χ4v) is 3.79. The van der Waals surface area contributed by atoms with Crippen molar-refractivity contribution >= 4 is 45.3 Å². The zero-order valence-corrected chi connectivity index (χ0v) is 12.2. The molecule has 80 valence electrons. The average molecular weight is 349 g/mol. The molecule has 0 aliphatic rings. The molecule has 0 amide bonds. The first-order chi connectivity index (χ1) is 7.20. The minimum atomic E-state index is 0.0510. The van der Waals surface area contributed by atoms with E-state index in [-0.39, 0.29) is 6.04 Å². The Bertz CT molecular complexity index is 447. The molecule has 0 saturated heterocycles. The molecular formula is C11H12INS2. The summed E-state index contributed by atoms with van der Waals surface area (Å²) in [4.78, 5) is 2.67. The van der Waals surface area contributed by atoms with Gasteiger partial charge in [-0.3, -0.25) is 0 Å². The molecule has 0 bridgehead atoms. The van der Waals surface area contributed by atoms with Crippen molar-refractivity contribution in [2.75, 3.05) is 0 Å². The number of hydrogen-bond donors (Lipinski definition) is 1. The summed E-state index contributed by atoms with van der Waals surface area (Å²) in [6.07, 6.45) is 1.10. The topological polar surface area (TPSA) is 26.0 Å². The van der Waals surface area contributed by atoms with Crippen LogP contribution in [0.15, 0.2) is 23.6 Å². The van der Waals surface area contributed by atoms with Gasteiger partial charge >= 0.3 is 0 Å². The van der Waals surface area contributed by atoms with Gasteiger partial charge in [-0.2, -0.15) is 0 Å². The second-order valence-electron chi connectivity index (χ2n) is 3.32. The number of hydrogen-bond acceptors (Lipinski definition) is 3. The van der Waals surface area contributed by atoms with Gasteiger partial charge in [0.1, 0.15) is 0 Å². The summed E-state index contributed by atoms with van der Waals surface area (Å²) in [5, 5.41) is 2.15. The predicted octanol–water partition coefficient (Wildman–Crippen LogP) is 4.02. The molecular weight excluding hydrogens is 337 g/mol. The lowest BCUT2D eigenvalue weighted by Gasteiger charge is -2.06. The van der Waals surface area contributed by atoms with Crippen LogP contribution in [0.5, 0.6) is 0 Å². The molecule has 0 saturated carbocycles. The van der Waals surface area contributed by atoms with Gasteiger partial charge in [0.25, 0.3) is 0 Å². The summed E-state index contributed by atoms with van der Waals surface area (Å²) < 4.78 is 1.30. The van der Waals surface area contributed by atoms with Crippen molar-refractivity contribution in [3.63, 3.8) is 0 Å². The highest BCUT2D eigenvalue weighted by Gasteiger charge is 2.12. The summed E-state index contributed by atoms with van der Waals surface area (Å²) in [7, 11) is 0. The Balaban J connectivity index is 2.23. The smallest absolute Gasteiger partial charge is 0.0656 e. The van der Waals surface area contributed by atoms with E-state index in [9.17, 15) is 0 Å². The average Bonchev–Trinajstić information content (AvgIpc) is 2.84. The summed E-state index contributed by atoms with van der Waals surface area (Å²) in [6, 6.07) is 6.55. The third-order valence-corrected chi connectivity index (χ3v) is 5.40. The Morgan fingerprint density at radius 1 is 1.47 bits per heavy atom. The SMILES string of the molecule is CCc1ccc(C(N)c2csc(I)c2)s1. The van der Waals surface area contributed by atoms with E-state index in [0.29, 0.717) is 0 Å². The maximum atomic E-state index is 6.21. The fraction of sp³-hybridized carbons (Fsp3) is 0.273. The zero-order chi connectivity index (χ0) is 10.8. The summed E-state index contributed by atoms with van der Waals surface area (Å²) in [6.45, 7) is 2.18. The predicted molar refractivity (Wildman–Crippen MR) is 76.8 cm³/mol. The molecule has 2 N–H and O–H groups in total. The molecule has 0 spiro atoms. The van der Waals surface area contributed by atoms with Crippen LogP contribution < -0.4 is 5.73 Å². The van der Waals surface area contributed by atoms with Crippen molar-refractivity contribution in [2.45, 2.75) is 19.4 Å². The number of halogens is 1.